The van der Waals surface area contributed by atoms with Crippen LogP contribution in [0.4, 0.5) is 0 Å². The first-order valence-corrected chi connectivity index (χ1v) is 10.1. The van der Waals surface area contributed by atoms with Gasteiger partial charge in [0.1, 0.15) is 0 Å². The van der Waals surface area contributed by atoms with Gasteiger partial charge in [-0.3, -0.25) is 14.9 Å². The van der Waals surface area contributed by atoms with Gasteiger partial charge in [-0.05, 0) is 52.3 Å². The third-order valence-electron chi connectivity index (χ3n) is 4.70. The molecular weight excluding hydrogens is 418 g/mol. The minimum atomic E-state index is -0.397. The van der Waals surface area contributed by atoms with Crippen molar-refractivity contribution in [2.24, 2.45) is 0 Å². The van der Waals surface area contributed by atoms with E-state index in [0.29, 0.717) is 30.2 Å². The average Bonchev–Trinajstić information content (AvgIpc) is 2.91. The number of methoxy groups -OCH3 is 1. The number of carbonyl (C=O) groups is 2. The molecule has 0 fully saturated rings. The van der Waals surface area contributed by atoms with E-state index in [1.54, 1.807) is 13.2 Å². The molecule has 172 valence electrons. The Morgan fingerprint density at radius 2 is 1.77 bits per heavy atom. The summed E-state index contributed by atoms with van der Waals surface area (Å²) in [5.74, 6) is 0.663. The second kappa shape index (κ2) is 11.2. The lowest BCUT2D eigenvalue weighted by Gasteiger charge is -2.27. The van der Waals surface area contributed by atoms with Gasteiger partial charge in [0.15, 0.2) is 18.1 Å². The Morgan fingerprint density at radius 1 is 1.10 bits per heavy atom. The van der Waals surface area contributed by atoms with Crippen LogP contribution >= 0.6 is 12.4 Å². The molecule has 2 rings (SSSR count). The Balaban J connectivity index is 0.00000480. The van der Waals surface area contributed by atoms with E-state index in [-0.39, 0.29) is 36.4 Å². The van der Waals surface area contributed by atoms with Crippen molar-refractivity contribution in [2.75, 3.05) is 26.8 Å². The summed E-state index contributed by atoms with van der Waals surface area (Å²) in [5, 5.41) is 9.00. The molecular formula is C23H34ClN3O4. The first-order chi connectivity index (χ1) is 14.1. The third-order valence-corrected chi connectivity index (χ3v) is 4.70. The molecule has 1 aromatic carbocycles. The van der Waals surface area contributed by atoms with Crippen molar-refractivity contribution in [3.8, 4) is 11.5 Å². The van der Waals surface area contributed by atoms with Crippen molar-refractivity contribution >= 4 is 30.3 Å². The first-order valence-electron chi connectivity index (χ1n) is 10.1. The van der Waals surface area contributed by atoms with Crippen LogP contribution in [-0.2, 0) is 9.59 Å². The fourth-order valence-corrected chi connectivity index (χ4v) is 3.57. The number of allylic oxidation sites excluding steroid dienone is 1. The van der Waals surface area contributed by atoms with E-state index in [2.05, 4.69) is 16.0 Å². The number of ether oxygens (including phenoxy) is 2. The van der Waals surface area contributed by atoms with Crippen LogP contribution in [-0.4, -0.2) is 49.7 Å². The van der Waals surface area contributed by atoms with Crippen LogP contribution in [0.1, 0.15) is 40.2 Å². The van der Waals surface area contributed by atoms with Crippen molar-refractivity contribution in [3.63, 3.8) is 0 Å². The molecule has 2 amide bonds. The van der Waals surface area contributed by atoms with E-state index in [1.165, 1.54) is 0 Å². The molecule has 0 saturated carbocycles. The molecule has 7 nitrogen and oxygen atoms in total. The molecule has 8 heteroatoms. The lowest BCUT2D eigenvalue weighted by molar-refractivity contribution is -0.123. The van der Waals surface area contributed by atoms with Crippen molar-refractivity contribution in [3.05, 3.63) is 41.5 Å². The van der Waals surface area contributed by atoms with Gasteiger partial charge in [-0.2, -0.15) is 0 Å². The molecule has 0 bridgehead atoms. The number of halogens is 1. The third kappa shape index (κ3) is 7.60. The summed E-state index contributed by atoms with van der Waals surface area (Å²) >= 11 is 0. The summed E-state index contributed by atoms with van der Waals surface area (Å²) in [6, 6.07) is 5.51. The molecule has 1 aromatic rings. The average molecular weight is 452 g/mol. The first kappa shape index (κ1) is 26.5. The number of amides is 2. The summed E-state index contributed by atoms with van der Waals surface area (Å²) in [4.78, 5) is 24.5. The number of rotatable bonds is 9. The lowest BCUT2D eigenvalue weighted by Crippen LogP contribution is -2.48. The van der Waals surface area contributed by atoms with Gasteiger partial charge < -0.3 is 20.1 Å². The monoisotopic (exact) mass is 451 g/mol. The van der Waals surface area contributed by atoms with Gasteiger partial charge in [0.25, 0.3) is 5.91 Å². The Bertz CT molecular complexity index is 847. The molecule has 3 N–H and O–H groups in total. The van der Waals surface area contributed by atoms with Gasteiger partial charge in [0.05, 0.1) is 7.11 Å². The molecule has 0 atom stereocenters. The highest BCUT2D eigenvalue weighted by Crippen LogP contribution is 2.30. The van der Waals surface area contributed by atoms with Crippen LogP contribution in [0.3, 0.4) is 0 Å². The number of hydrogen-bond donors (Lipinski definition) is 3. The zero-order chi connectivity index (χ0) is 22.4. The molecule has 0 spiro atoms. The van der Waals surface area contributed by atoms with Crippen LogP contribution < -0.4 is 25.4 Å². The molecule has 31 heavy (non-hydrogen) atoms. The summed E-state index contributed by atoms with van der Waals surface area (Å²) < 4.78 is 10.9. The van der Waals surface area contributed by atoms with Crippen LogP contribution in [0.5, 0.6) is 11.5 Å². The van der Waals surface area contributed by atoms with Crippen molar-refractivity contribution < 1.29 is 19.1 Å². The molecule has 0 radical (unpaired) electrons. The summed E-state index contributed by atoms with van der Waals surface area (Å²) in [6.45, 7) is 10.5. The Morgan fingerprint density at radius 3 is 2.35 bits per heavy atom. The van der Waals surface area contributed by atoms with Gasteiger partial charge in [-0.15, -0.1) is 12.4 Å². The topological polar surface area (TPSA) is 88.7 Å². The summed E-state index contributed by atoms with van der Waals surface area (Å²) in [5.41, 5.74) is 1.07. The smallest absolute Gasteiger partial charge is 0.258 e. The molecule has 0 saturated heterocycles. The van der Waals surface area contributed by atoms with Crippen LogP contribution in [0.2, 0.25) is 0 Å². The number of benzene rings is 1. The van der Waals surface area contributed by atoms with E-state index in [1.807, 2.05) is 65.0 Å². The SMILES string of the molecule is C/C=C\c1ccc(OCC(=O)NCCNC(=O)C2=CC(C)(C)NC2(C)C)c(OC)c1.Cl. The van der Waals surface area contributed by atoms with Crippen molar-refractivity contribution in [1.29, 1.82) is 0 Å². The minimum Gasteiger partial charge on any atom is -0.493 e. The summed E-state index contributed by atoms with van der Waals surface area (Å²) in [6.07, 6.45) is 5.83. The largest absolute Gasteiger partial charge is 0.493 e. The van der Waals surface area contributed by atoms with Gasteiger partial charge in [0, 0.05) is 29.7 Å². The van der Waals surface area contributed by atoms with Gasteiger partial charge in [0.2, 0.25) is 5.91 Å². The minimum absolute atomic E-state index is 0. The fraction of sp³-hybridized carbons (Fsp3) is 0.478. The van der Waals surface area contributed by atoms with Crippen LogP contribution in [0.15, 0.2) is 35.9 Å². The maximum absolute atomic E-state index is 12.5. The quantitative estimate of drug-likeness (QED) is 0.502. The molecule has 0 aliphatic carbocycles. The zero-order valence-corrected chi connectivity index (χ0v) is 19.9. The van der Waals surface area contributed by atoms with Crippen LogP contribution in [0, 0.1) is 0 Å². The Hall–Kier alpha value is -2.51. The number of hydrogen-bond acceptors (Lipinski definition) is 5. The maximum Gasteiger partial charge on any atom is 0.258 e. The number of nitrogens with one attached hydrogen (secondary N) is 3. The second-order valence-corrected chi connectivity index (χ2v) is 8.33. The van der Waals surface area contributed by atoms with E-state index in [4.69, 9.17) is 9.47 Å². The standard InChI is InChI=1S/C23H33N3O4.ClH/c1-7-8-16-9-10-18(19(13-16)29-6)30-15-20(27)24-11-12-25-21(28)17-14-22(2,3)26-23(17,4)5;/h7-10,13-14,26H,11-12,15H2,1-6H3,(H,24,27)(H,25,28);1H/b8-7-;. The molecule has 1 aliphatic rings. The van der Waals surface area contributed by atoms with Gasteiger partial charge in [-0.25, -0.2) is 0 Å². The van der Waals surface area contributed by atoms with Gasteiger partial charge >= 0.3 is 0 Å². The molecule has 1 aliphatic heterocycles. The van der Waals surface area contributed by atoms with Crippen molar-refractivity contribution in [1.82, 2.24) is 16.0 Å². The van der Waals surface area contributed by atoms with E-state index >= 15 is 0 Å². The normalized spacial score (nSPS) is 16.3. The predicted octanol–water partition coefficient (Wildman–Crippen LogP) is 2.85. The highest BCUT2D eigenvalue weighted by Gasteiger charge is 2.39. The van der Waals surface area contributed by atoms with E-state index in [9.17, 15) is 9.59 Å². The van der Waals surface area contributed by atoms with Crippen molar-refractivity contribution in [2.45, 2.75) is 45.7 Å². The zero-order valence-electron chi connectivity index (χ0n) is 19.1. The Kier molecular flexibility index (Phi) is 9.59. The van der Waals surface area contributed by atoms with Crippen LogP contribution in [0.25, 0.3) is 6.08 Å². The number of carbonyl (C=O) groups excluding carboxylic acids is 2. The maximum atomic E-state index is 12.5. The summed E-state index contributed by atoms with van der Waals surface area (Å²) in [7, 11) is 1.56. The molecule has 1 heterocycles. The highest BCUT2D eigenvalue weighted by molar-refractivity contribution is 5.96. The van der Waals surface area contributed by atoms with E-state index in [0.717, 1.165) is 5.56 Å². The predicted molar refractivity (Wildman–Crippen MR) is 126 cm³/mol. The second-order valence-electron chi connectivity index (χ2n) is 8.33. The Labute approximate surface area is 191 Å². The highest BCUT2D eigenvalue weighted by atomic mass is 35.5. The molecule has 0 unspecified atom stereocenters. The molecule has 0 aromatic heterocycles. The van der Waals surface area contributed by atoms with Gasteiger partial charge in [-0.1, -0.05) is 24.3 Å². The lowest BCUT2D eigenvalue weighted by atomic mass is 9.96. The fourth-order valence-electron chi connectivity index (χ4n) is 3.57. The van der Waals surface area contributed by atoms with E-state index < -0.39 is 5.54 Å².